The summed E-state index contributed by atoms with van der Waals surface area (Å²) in [5, 5.41) is 9.46. The fourth-order valence-corrected chi connectivity index (χ4v) is 4.33. The van der Waals surface area contributed by atoms with E-state index in [1.807, 2.05) is 0 Å². The molecule has 0 aliphatic carbocycles. The van der Waals surface area contributed by atoms with E-state index in [1.165, 1.54) is 49.5 Å². The molecule has 9 nitrogen and oxygen atoms in total. The van der Waals surface area contributed by atoms with Gasteiger partial charge in [-0.05, 0) is 68.7 Å². The van der Waals surface area contributed by atoms with Crippen molar-refractivity contribution < 1.29 is 34.5 Å². The molecule has 0 saturated carbocycles. The van der Waals surface area contributed by atoms with Gasteiger partial charge in [-0.2, -0.15) is 4.98 Å². The third-order valence-corrected chi connectivity index (χ3v) is 6.29. The Labute approximate surface area is 236 Å². The van der Waals surface area contributed by atoms with Crippen LogP contribution in [0.15, 0.2) is 76.0 Å². The number of amides is 2. The Kier molecular flexibility index (Phi) is 5.56. The van der Waals surface area contributed by atoms with Gasteiger partial charge in [-0.15, -0.1) is 0 Å². The van der Waals surface area contributed by atoms with Crippen LogP contribution >= 0.6 is 0 Å². The van der Waals surface area contributed by atoms with Crippen LogP contribution in [0.5, 0.6) is 5.75 Å². The normalized spacial score (nSPS) is 13.9. The molecule has 5 aromatic rings. The number of aromatic nitrogens is 2. The Morgan fingerprint density at radius 2 is 1.90 bits per heavy atom. The van der Waals surface area contributed by atoms with Gasteiger partial charge in [0.05, 0.1) is 20.4 Å². The van der Waals surface area contributed by atoms with Crippen LogP contribution < -0.4 is 15.4 Å². The molecular formula is C30H27FN4O5. The van der Waals surface area contributed by atoms with Crippen molar-refractivity contribution in [1.29, 1.82) is 0 Å². The van der Waals surface area contributed by atoms with Gasteiger partial charge in [-0.1, -0.05) is 17.3 Å². The molecular weight excluding hydrogens is 515 g/mol. The van der Waals surface area contributed by atoms with E-state index in [-0.39, 0.29) is 45.0 Å². The maximum absolute atomic E-state index is 13.7. The molecule has 2 amide bonds. The number of nitrogens with one attached hydrogen (secondary N) is 2. The summed E-state index contributed by atoms with van der Waals surface area (Å²) in [7, 11) is 1.43. The lowest BCUT2D eigenvalue weighted by molar-refractivity contribution is 0.0906. The number of hydrogen-bond acceptors (Lipinski definition) is 7. The smallest absolute Gasteiger partial charge is 0.255 e. The van der Waals surface area contributed by atoms with Crippen molar-refractivity contribution in [3.63, 3.8) is 0 Å². The van der Waals surface area contributed by atoms with Crippen molar-refractivity contribution in [2.75, 3.05) is 13.6 Å². The maximum Gasteiger partial charge on any atom is 0.255 e. The van der Waals surface area contributed by atoms with E-state index in [2.05, 4.69) is 20.8 Å². The highest BCUT2D eigenvalue weighted by molar-refractivity contribution is 6.12. The van der Waals surface area contributed by atoms with Crippen molar-refractivity contribution in [1.82, 2.24) is 20.8 Å². The maximum atomic E-state index is 13.7. The molecule has 0 atom stereocenters. The predicted molar refractivity (Wildman–Crippen MR) is 146 cm³/mol. The quantitative estimate of drug-likeness (QED) is 0.255. The fraction of sp³-hybridized carbons (Fsp3) is 0.200. The van der Waals surface area contributed by atoms with E-state index >= 15 is 0 Å². The van der Waals surface area contributed by atoms with Crippen molar-refractivity contribution in [3.8, 4) is 28.2 Å². The summed E-state index contributed by atoms with van der Waals surface area (Å²) in [5.41, 5.74) is 0.254. The number of hydrogen-bond donors (Lipinski definition) is 2. The molecule has 40 heavy (non-hydrogen) atoms. The van der Waals surface area contributed by atoms with Crippen LogP contribution in [0.4, 0.5) is 4.39 Å². The van der Waals surface area contributed by atoms with E-state index in [4.69, 9.17) is 20.5 Å². The minimum absolute atomic E-state index is 0.0729. The summed E-state index contributed by atoms with van der Waals surface area (Å²) < 4.78 is 69.2. The van der Waals surface area contributed by atoms with Gasteiger partial charge in [0.2, 0.25) is 6.39 Å². The Hall–Kier alpha value is -4.99. The van der Waals surface area contributed by atoms with Crippen LogP contribution in [0.1, 0.15) is 54.1 Å². The van der Waals surface area contributed by atoms with E-state index in [0.717, 1.165) is 6.39 Å². The van der Waals surface area contributed by atoms with E-state index in [0.29, 0.717) is 11.1 Å². The summed E-state index contributed by atoms with van der Waals surface area (Å²) in [5.74, 6) is -1.40. The number of fused-ring (bicyclic) bond motifs is 1. The molecule has 10 heteroatoms. The van der Waals surface area contributed by atoms with Gasteiger partial charge in [0.1, 0.15) is 22.9 Å². The van der Waals surface area contributed by atoms with Crippen LogP contribution in [0.25, 0.3) is 33.4 Å². The largest absolute Gasteiger partial charge is 0.493 e. The number of nitrogens with zero attached hydrogens (tertiary/aromatic N) is 2. The van der Waals surface area contributed by atoms with Gasteiger partial charge in [-0.3, -0.25) is 9.59 Å². The summed E-state index contributed by atoms with van der Waals surface area (Å²) >= 11 is 0. The lowest BCUT2D eigenvalue weighted by atomic mass is 9.97. The Balaban J connectivity index is 1.68. The van der Waals surface area contributed by atoms with Gasteiger partial charge in [0.15, 0.2) is 5.82 Å². The molecule has 0 fully saturated rings. The number of benzene rings is 3. The second-order valence-corrected chi connectivity index (χ2v) is 9.36. The summed E-state index contributed by atoms with van der Waals surface area (Å²) in [6.07, 6.45) is 1.14. The first-order valence-corrected chi connectivity index (χ1v) is 12.1. The van der Waals surface area contributed by atoms with Gasteiger partial charge in [0.25, 0.3) is 11.8 Å². The van der Waals surface area contributed by atoms with Gasteiger partial charge in [-0.25, -0.2) is 4.39 Å². The highest BCUT2D eigenvalue weighted by atomic mass is 19.1. The lowest BCUT2D eigenvalue weighted by Gasteiger charge is -2.22. The van der Waals surface area contributed by atoms with E-state index in [9.17, 15) is 14.0 Å². The van der Waals surface area contributed by atoms with Gasteiger partial charge < -0.3 is 24.3 Å². The van der Waals surface area contributed by atoms with Crippen molar-refractivity contribution in [2.45, 2.75) is 26.2 Å². The van der Waals surface area contributed by atoms with Crippen LogP contribution in [0.3, 0.4) is 0 Å². The number of rotatable bonds is 8. The summed E-state index contributed by atoms with van der Waals surface area (Å²) in [6.45, 7) is -2.92. The molecule has 5 rings (SSSR count). The zero-order valence-electron chi connectivity index (χ0n) is 26.7. The first-order valence-electron chi connectivity index (χ1n) is 14.6. The second kappa shape index (κ2) is 10.6. The standard InChI is InChI=1S/C30H27FN4O5/c1-5-38-23-15-24-22(25(28(37)32-4)26(40-24)17-9-11-20(31)12-10-17)14-21(23)18-7-6-8-19(13-18)27(36)34-30(2,3)29-33-16-39-35-29/h6-16H,5H2,1-4H3,(H,32,37)(H,34,36)/i1D3,5D2. The number of furan rings is 1. The topological polar surface area (TPSA) is 119 Å². The molecule has 3 aromatic carbocycles. The molecule has 0 radical (unpaired) electrons. The molecule has 0 aliphatic heterocycles. The Morgan fingerprint density at radius 1 is 1.10 bits per heavy atom. The van der Waals surface area contributed by atoms with Gasteiger partial charge >= 0.3 is 0 Å². The van der Waals surface area contributed by atoms with E-state index < -0.39 is 36.6 Å². The summed E-state index contributed by atoms with van der Waals surface area (Å²) in [4.78, 5) is 30.4. The molecule has 2 N–H and O–H groups in total. The Bertz CT molecular complexity index is 1890. The number of ether oxygens (including phenoxy) is 1. The number of carbonyl (C=O) groups is 2. The molecule has 2 aromatic heterocycles. The van der Waals surface area contributed by atoms with Crippen LogP contribution in [0, 0.1) is 5.82 Å². The molecule has 204 valence electrons. The molecule has 0 aliphatic rings. The van der Waals surface area contributed by atoms with Crippen LogP contribution in [-0.2, 0) is 5.54 Å². The third-order valence-electron chi connectivity index (χ3n) is 6.29. The van der Waals surface area contributed by atoms with Crippen molar-refractivity contribution in [3.05, 3.63) is 89.8 Å². The van der Waals surface area contributed by atoms with Crippen LogP contribution in [0.2, 0.25) is 0 Å². The number of carbonyl (C=O) groups excluding carboxylic acids is 2. The predicted octanol–water partition coefficient (Wildman–Crippen LogP) is 5.71. The van der Waals surface area contributed by atoms with Crippen molar-refractivity contribution >= 4 is 22.8 Å². The SMILES string of the molecule is [2H]C([2H])([2H])C([2H])([2H])Oc1cc2oc(-c3ccc(F)cc3)c(C(=O)NC)c2cc1-c1cccc(C(=O)NC(C)(C)c2ncon2)c1. The number of halogens is 1. The minimum atomic E-state index is -3.17. The first-order chi connectivity index (χ1) is 21.1. The lowest BCUT2D eigenvalue weighted by Crippen LogP contribution is -2.41. The minimum Gasteiger partial charge on any atom is -0.493 e. The first kappa shape index (κ1) is 20.9. The van der Waals surface area contributed by atoms with Gasteiger partial charge in [0, 0.05) is 39.3 Å². The zero-order chi connectivity index (χ0) is 32.7. The molecule has 2 heterocycles. The average molecular weight is 548 g/mol. The zero-order valence-corrected chi connectivity index (χ0v) is 21.7. The highest BCUT2D eigenvalue weighted by Crippen LogP contribution is 2.41. The summed E-state index contributed by atoms with van der Waals surface area (Å²) in [6, 6.07) is 14.3. The van der Waals surface area contributed by atoms with Crippen LogP contribution in [-0.4, -0.2) is 35.6 Å². The Morgan fingerprint density at radius 3 is 2.60 bits per heavy atom. The second-order valence-electron chi connectivity index (χ2n) is 9.36. The van der Waals surface area contributed by atoms with Crippen molar-refractivity contribution in [2.24, 2.45) is 0 Å². The monoisotopic (exact) mass is 547 g/mol. The molecule has 0 saturated heterocycles. The molecule has 0 bridgehead atoms. The van der Waals surface area contributed by atoms with E-state index in [1.54, 1.807) is 32.0 Å². The highest BCUT2D eigenvalue weighted by Gasteiger charge is 2.28. The molecule has 0 unspecified atom stereocenters. The average Bonchev–Trinajstić information content (AvgIpc) is 3.65. The fourth-order valence-electron chi connectivity index (χ4n) is 4.33. The third kappa shape index (κ3) is 5.03. The molecule has 0 spiro atoms.